The van der Waals surface area contributed by atoms with E-state index in [1.807, 2.05) is 77.7 Å². The molecule has 1 unspecified atom stereocenters. The Morgan fingerprint density at radius 2 is 1.54 bits per heavy atom. The summed E-state index contributed by atoms with van der Waals surface area (Å²) in [6.45, 7) is 0.735. The maximum Gasteiger partial charge on any atom is 0.244 e. The molecule has 0 saturated carbocycles. The van der Waals surface area contributed by atoms with E-state index in [9.17, 15) is 4.79 Å². The average Bonchev–Trinajstić information content (AvgIpc) is 2.96. The van der Waals surface area contributed by atoms with Crippen molar-refractivity contribution >= 4 is 17.4 Å². The number of carbonyl (C=O) groups excluding carboxylic acids is 1. The molecule has 0 spiro atoms. The smallest absolute Gasteiger partial charge is 0.244 e. The monoisotopic (exact) mass is 524 g/mol. The number of primary amides is 1. The van der Waals surface area contributed by atoms with Crippen molar-refractivity contribution in [3.63, 3.8) is 0 Å². The van der Waals surface area contributed by atoms with Crippen molar-refractivity contribution in [1.82, 2.24) is 0 Å². The van der Waals surface area contributed by atoms with Gasteiger partial charge in [-0.1, -0.05) is 48.5 Å². The number of hydrogen-bond acceptors (Lipinski definition) is 6. The molecule has 0 aliphatic heterocycles. The van der Waals surface area contributed by atoms with Gasteiger partial charge in [-0.05, 0) is 65.2 Å². The molecule has 1 amide bonds. The summed E-state index contributed by atoms with van der Waals surface area (Å²) in [6, 6.07) is 29.2. The molecule has 0 aromatic heterocycles. The Balaban J connectivity index is 1.67. The van der Waals surface area contributed by atoms with Crippen LogP contribution in [0.1, 0.15) is 28.3 Å². The number of anilines is 1. The zero-order valence-electron chi connectivity index (χ0n) is 22.0. The number of nitrogens with one attached hydrogen (secondary N) is 1. The first-order valence-corrected chi connectivity index (χ1v) is 12.4. The van der Waals surface area contributed by atoms with Crippen molar-refractivity contribution in [3.8, 4) is 17.2 Å². The third kappa shape index (κ3) is 6.67. The minimum atomic E-state index is -0.810. The predicted molar refractivity (Wildman–Crippen MR) is 152 cm³/mol. The fourth-order valence-electron chi connectivity index (χ4n) is 4.34. The third-order valence-electron chi connectivity index (χ3n) is 6.32. The van der Waals surface area contributed by atoms with Crippen LogP contribution in [0.3, 0.4) is 0 Å². The molecule has 5 N–H and O–H groups in total. The summed E-state index contributed by atoms with van der Waals surface area (Å²) in [6.07, 6.45) is 0. The van der Waals surface area contributed by atoms with E-state index in [-0.39, 0.29) is 5.84 Å². The van der Waals surface area contributed by atoms with Crippen LogP contribution in [0, 0.1) is 5.41 Å². The number of nitrogens with zero attached hydrogens (tertiary/aromatic N) is 1. The summed E-state index contributed by atoms with van der Waals surface area (Å²) in [4.78, 5) is 14.9. The number of amides is 1. The van der Waals surface area contributed by atoms with Crippen LogP contribution in [-0.2, 0) is 17.9 Å². The molecule has 39 heavy (non-hydrogen) atoms. The maximum atomic E-state index is 13.0. The van der Waals surface area contributed by atoms with Gasteiger partial charge in [0.1, 0.15) is 24.2 Å². The Bertz CT molecular complexity index is 1420. The van der Waals surface area contributed by atoms with Gasteiger partial charge in [-0.2, -0.15) is 0 Å². The number of amidine groups is 1. The average molecular weight is 525 g/mol. The minimum absolute atomic E-state index is 0.0307. The lowest BCUT2D eigenvalue weighted by atomic mass is 10.0. The van der Waals surface area contributed by atoms with Crippen LogP contribution in [0.2, 0.25) is 0 Å². The molecule has 0 bridgehead atoms. The topological polar surface area (TPSA) is 124 Å². The first kappa shape index (κ1) is 27.1. The summed E-state index contributed by atoms with van der Waals surface area (Å²) >= 11 is 0. The molecule has 1 atom stereocenters. The first-order chi connectivity index (χ1) is 18.9. The number of nitrogen functional groups attached to an aromatic ring is 1. The fraction of sp³-hybridized carbons (Fsp3) is 0.161. The maximum absolute atomic E-state index is 13.0. The number of methoxy groups -OCH3 is 2. The van der Waals surface area contributed by atoms with Crippen molar-refractivity contribution in [3.05, 3.63) is 119 Å². The highest BCUT2D eigenvalue weighted by Crippen LogP contribution is 2.35. The van der Waals surface area contributed by atoms with Gasteiger partial charge >= 0.3 is 0 Å². The van der Waals surface area contributed by atoms with Crippen molar-refractivity contribution in [2.24, 2.45) is 11.5 Å². The van der Waals surface area contributed by atoms with Crippen molar-refractivity contribution in [2.75, 3.05) is 19.1 Å². The molecule has 0 fully saturated rings. The van der Waals surface area contributed by atoms with E-state index in [0.29, 0.717) is 35.8 Å². The lowest BCUT2D eigenvalue weighted by Crippen LogP contribution is -2.37. The van der Waals surface area contributed by atoms with Crippen LogP contribution in [0.4, 0.5) is 5.69 Å². The van der Waals surface area contributed by atoms with E-state index in [2.05, 4.69) is 0 Å². The van der Waals surface area contributed by atoms with Crippen molar-refractivity contribution in [1.29, 1.82) is 5.41 Å². The van der Waals surface area contributed by atoms with E-state index >= 15 is 0 Å². The van der Waals surface area contributed by atoms with E-state index in [4.69, 9.17) is 31.1 Å². The van der Waals surface area contributed by atoms with Gasteiger partial charge in [0, 0.05) is 17.8 Å². The lowest BCUT2D eigenvalue weighted by molar-refractivity contribution is -0.119. The van der Waals surface area contributed by atoms with Crippen LogP contribution in [0.15, 0.2) is 97.1 Å². The van der Waals surface area contributed by atoms with Gasteiger partial charge in [-0.25, -0.2) is 0 Å². The summed E-state index contributed by atoms with van der Waals surface area (Å²) < 4.78 is 17.0. The Labute approximate surface area is 228 Å². The quantitative estimate of drug-likeness (QED) is 0.181. The number of rotatable bonds is 12. The normalized spacial score (nSPS) is 11.3. The fourth-order valence-corrected chi connectivity index (χ4v) is 4.34. The zero-order chi connectivity index (χ0) is 27.8. The Hall–Kier alpha value is -4.98. The molecular weight excluding hydrogens is 492 g/mol. The molecule has 0 radical (unpaired) electrons. The molecule has 8 heteroatoms. The zero-order valence-corrected chi connectivity index (χ0v) is 22.0. The highest BCUT2D eigenvalue weighted by Gasteiger charge is 2.28. The van der Waals surface area contributed by atoms with Crippen molar-refractivity contribution < 1.29 is 19.0 Å². The largest absolute Gasteiger partial charge is 0.497 e. The molecule has 4 rings (SSSR count). The van der Waals surface area contributed by atoms with Crippen LogP contribution < -0.4 is 30.6 Å². The number of nitrogens with two attached hydrogens (primary N) is 2. The molecule has 200 valence electrons. The summed E-state index contributed by atoms with van der Waals surface area (Å²) in [5.74, 6) is 1.21. The summed E-state index contributed by atoms with van der Waals surface area (Å²) in [7, 11) is 3.18. The van der Waals surface area contributed by atoms with E-state index in [0.717, 1.165) is 22.6 Å². The van der Waals surface area contributed by atoms with Gasteiger partial charge < -0.3 is 30.6 Å². The molecule has 4 aromatic carbocycles. The van der Waals surface area contributed by atoms with Crippen LogP contribution in [0.5, 0.6) is 17.2 Å². The van der Waals surface area contributed by atoms with Gasteiger partial charge in [0.2, 0.25) is 5.91 Å². The molecule has 0 aliphatic rings. The second kappa shape index (κ2) is 12.5. The second-order valence-electron chi connectivity index (χ2n) is 8.93. The van der Waals surface area contributed by atoms with Gasteiger partial charge in [0.05, 0.1) is 14.2 Å². The van der Waals surface area contributed by atoms with E-state index in [1.165, 1.54) is 0 Å². The molecule has 0 aliphatic carbocycles. The third-order valence-corrected chi connectivity index (χ3v) is 6.32. The van der Waals surface area contributed by atoms with Gasteiger partial charge in [-0.3, -0.25) is 10.2 Å². The molecule has 0 saturated heterocycles. The van der Waals surface area contributed by atoms with E-state index < -0.39 is 11.9 Å². The molecule has 4 aromatic rings. The number of benzene rings is 4. The van der Waals surface area contributed by atoms with Crippen LogP contribution in [0.25, 0.3) is 0 Å². The van der Waals surface area contributed by atoms with Crippen LogP contribution in [-0.4, -0.2) is 26.0 Å². The SMILES string of the molecule is COc1cccc(COc2ccc(C(C(N)=O)N(Cc3ccccc3)c3ccc(C(=N)N)cc3)cc2OC)c1. The standard InChI is InChI=1S/C31H32N4O4/c1-37-26-10-6-9-22(17-26)20-39-27-16-13-24(18-28(27)38-2)29(31(34)36)35(19-21-7-4-3-5-8-21)25-14-11-23(12-15-25)30(32)33/h3-18,29H,19-20H2,1-2H3,(H3,32,33)(H2,34,36). The Kier molecular flexibility index (Phi) is 8.68. The Morgan fingerprint density at radius 1 is 0.821 bits per heavy atom. The molecule has 0 heterocycles. The molecular formula is C31H32N4O4. The Morgan fingerprint density at radius 3 is 2.18 bits per heavy atom. The molecule has 8 nitrogen and oxygen atoms in total. The second-order valence-corrected chi connectivity index (χ2v) is 8.93. The minimum Gasteiger partial charge on any atom is -0.497 e. The van der Waals surface area contributed by atoms with Gasteiger partial charge in [0.25, 0.3) is 0 Å². The lowest BCUT2D eigenvalue weighted by Gasteiger charge is -2.32. The number of hydrogen-bond donors (Lipinski definition) is 3. The highest BCUT2D eigenvalue weighted by atomic mass is 16.5. The van der Waals surface area contributed by atoms with E-state index in [1.54, 1.807) is 38.5 Å². The summed E-state index contributed by atoms with van der Waals surface area (Å²) in [5, 5.41) is 7.71. The number of carbonyl (C=O) groups is 1. The van der Waals surface area contributed by atoms with Gasteiger partial charge in [-0.15, -0.1) is 0 Å². The highest BCUT2D eigenvalue weighted by molar-refractivity contribution is 5.95. The van der Waals surface area contributed by atoms with Gasteiger partial charge in [0.15, 0.2) is 11.5 Å². The van der Waals surface area contributed by atoms with Crippen molar-refractivity contribution in [2.45, 2.75) is 19.2 Å². The summed E-state index contributed by atoms with van der Waals surface area (Å²) in [5.41, 5.74) is 15.6. The number of ether oxygens (including phenoxy) is 3. The van der Waals surface area contributed by atoms with Crippen LogP contribution >= 0.6 is 0 Å². The first-order valence-electron chi connectivity index (χ1n) is 12.4. The predicted octanol–water partition coefficient (Wildman–Crippen LogP) is 4.80.